The number of para-hydroxylation sites is 2. The third kappa shape index (κ3) is 4.10. The monoisotopic (exact) mass is 399 g/mol. The smallest absolute Gasteiger partial charge is 0.292 e. The molecule has 0 N–H and O–H groups in total. The summed E-state index contributed by atoms with van der Waals surface area (Å²) < 4.78 is 0. The topological polar surface area (TPSA) is 113 Å². The molecule has 0 atom stereocenters. The molecule has 1 fully saturated rings. The van der Waals surface area contributed by atoms with Crippen LogP contribution in [0.15, 0.2) is 42.5 Å². The van der Waals surface area contributed by atoms with Crippen LogP contribution in [0.3, 0.4) is 0 Å². The summed E-state index contributed by atoms with van der Waals surface area (Å²) in [5, 5.41) is 22.4. The summed E-state index contributed by atoms with van der Waals surface area (Å²) in [5.74, 6) is -0.292. The molecule has 0 unspecified atom stereocenters. The highest BCUT2D eigenvalue weighted by Crippen LogP contribution is 2.30. The van der Waals surface area contributed by atoms with Gasteiger partial charge in [0.05, 0.1) is 15.4 Å². The van der Waals surface area contributed by atoms with Crippen molar-refractivity contribution in [2.24, 2.45) is 0 Å². The lowest BCUT2D eigenvalue weighted by molar-refractivity contribution is -0.384. The third-order valence-corrected chi connectivity index (χ3v) is 4.89. The van der Waals surface area contributed by atoms with Gasteiger partial charge in [-0.05, 0) is 12.1 Å². The van der Waals surface area contributed by atoms with Crippen LogP contribution in [0.4, 0.5) is 22.7 Å². The second kappa shape index (κ2) is 8.13. The number of carbonyl (C=O) groups is 1. The number of carbonyl (C=O) groups excluding carboxylic acids is 1. The van der Waals surface area contributed by atoms with Crippen LogP contribution in [0.5, 0.6) is 0 Å². The molecule has 10 nitrogen and oxygen atoms in total. The first kappa shape index (κ1) is 20.1. The van der Waals surface area contributed by atoms with Crippen LogP contribution in [0.1, 0.15) is 10.4 Å². The molecule has 1 heterocycles. The van der Waals surface area contributed by atoms with Crippen LogP contribution < -0.4 is 9.80 Å². The first-order valence-electron chi connectivity index (χ1n) is 9.03. The Balaban J connectivity index is 1.80. The van der Waals surface area contributed by atoms with E-state index in [0.717, 1.165) is 0 Å². The summed E-state index contributed by atoms with van der Waals surface area (Å²) in [5.41, 5.74) is 1.28. The summed E-state index contributed by atoms with van der Waals surface area (Å²) in [6.45, 7) is 1.59. The number of nitro groups is 2. The fraction of sp³-hybridized carbons (Fsp3) is 0.316. The lowest BCUT2D eigenvalue weighted by Crippen LogP contribution is -2.49. The normalized spacial score (nSPS) is 13.9. The molecule has 0 spiro atoms. The standard InChI is InChI=1S/C19H21N5O5/c1-20(2)16-8-7-14(23(26)27)13-15(16)19(25)22-11-9-21(10-12-22)17-5-3-4-6-18(17)24(28)29/h3-8,13H,9-12H2,1-2H3. The Labute approximate surface area is 167 Å². The van der Waals surface area contributed by atoms with E-state index in [2.05, 4.69) is 0 Å². The fourth-order valence-electron chi connectivity index (χ4n) is 3.41. The predicted molar refractivity (Wildman–Crippen MR) is 109 cm³/mol. The van der Waals surface area contributed by atoms with E-state index >= 15 is 0 Å². The second-order valence-corrected chi connectivity index (χ2v) is 6.88. The molecule has 10 heteroatoms. The van der Waals surface area contributed by atoms with E-state index in [1.807, 2.05) is 4.90 Å². The van der Waals surface area contributed by atoms with Crippen molar-refractivity contribution in [2.45, 2.75) is 0 Å². The van der Waals surface area contributed by atoms with Crippen molar-refractivity contribution in [1.82, 2.24) is 4.90 Å². The lowest BCUT2D eigenvalue weighted by Gasteiger charge is -2.36. The predicted octanol–water partition coefficient (Wildman–Crippen LogP) is 2.53. The summed E-state index contributed by atoms with van der Waals surface area (Å²) in [6, 6.07) is 10.7. The van der Waals surface area contributed by atoms with Gasteiger partial charge in [0.2, 0.25) is 0 Å². The number of nitro benzene ring substituents is 2. The van der Waals surface area contributed by atoms with Crippen molar-refractivity contribution < 1.29 is 14.6 Å². The van der Waals surface area contributed by atoms with Gasteiger partial charge in [0.1, 0.15) is 5.69 Å². The van der Waals surface area contributed by atoms with Gasteiger partial charge in [0.25, 0.3) is 17.3 Å². The van der Waals surface area contributed by atoms with Crippen molar-refractivity contribution in [3.05, 3.63) is 68.3 Å². The summed E-state index contributed by atoms with van der Waals surface area (Å²) >= 11 is 0. The molecule has 0 radical (unpaired) electrons. The summed E-state index contributed by atoms with van der Waals surface area (Å²) in [4.78, 5) is 39.8. The number of benzene rings is 2. The van der Waals surface area contributed by atoms with Crippen molar-refractivity contribution in [2.75, 3.05) is 50.1 Å². The molecule has 0 bridgehead atoms. The molecule has 152 valence electrons. The van der Waals surface area contributed by atoms with Crippen LogP contribution >= 0.6 is 0 Å². The average Bonchev–Trinajstić information content (AvgIpc) is 2.72. The molecule has 29 heavy (non-hydrogen) atoms. The van der Waals surface area contributed by atoms with E-state index in [9.17, 15) is 25.0 Å². The first-order chi connectivity index (χ1) is 13.8. The minimum atomic E-state index is -0.525. The largest absolute Gasteiger partial charge is 0.377 e. The van der Waals surface area contributed by atoms with Gasteiger partial charge in [-0.15, -0.1) is 0 Å². The highest BCUT2D eigenvalue weighted by molar-refractivity contribution is 6.00. The zero-order valence-electron chi connectivity index (χ0n) is 16.1. The zero-order chi connectivity index (χ0) is 21.1. The SMILES string of the molecule is CN(C)c1ccc([N+](=O)[O-])cc1C(=O)N1CCN(c2ccccc2[N+](=O)[O-])CC1. The molecule has 0 saturated carbocycles. The minimum Gasteiger partial charge on any atom is -0.377 e. The van der Waals surface area contributed by atoms with E-state index in [-0.39, 0.29) is 22.8 Å². The number of hydrogen-bond donors (Lipinski definition) is 0. The van der Waals surface area contributed by atoms with Crippen LogP contribution in [0, 0.1) is 20.2 Å². The van der Waals surface area contributed by atoms with Crippen molar-refractivity contribution in [3.63, 3.8) is 0 Å². The molecule has 1 saturated heterocycles. The second-order valence-electron chi connectivity index (χ2n) is 6.88. The number of hydrogen-bond acceptors (Lipinski definition) is 7. The Morgan fingerprint density at radius 2 is 1.62 bits per heavy atom. The van der Waals surface area contributed by atoms with Gasteiger partial charge < -0.3 is 14.7 Å². The number of rotatable bonds is 5. The van der Waals surface area contributed by atoms with Crippen molar-refractivity contribution in [1.29, 1.82) is 0 Å². The molecule has 1 aliphatic rings. The van der Waals surface area contributed by atoms with E-state index in [0.29, 0.717) is 37.6 Å². The quantitative estimate of drug-likeness (QED) is 0.561. The zero-order valence-corrected chi connectivity index (χ0v) is 16.1. The Hall–Kier alpha value is -3.69. The summed E-state index contributed by atoms with van der Waals surface area (Å²) in [6.07, 6.45) is 0. The number of nitrogens with zero attached hydrogens (tertiary/aromatic N) is 5. The lowest BCUT2D eigenvalue weighted by atomic mass is 10.1. The van der Waals surface area contributed by atoms with Crippen molar-refractivity contribution in [3.8, 4) is 0 Å². The Morgan fingerprint density at radius 1 is 0.966 bits per heavy atom. The van der Waals surface area contributed by atoms with E-state index in [4.69, 9.17) is 0 Å². The number of non-ortho nitro benzene ring substituents is 1. The van der Waals surface area contributed by atoms with Crippen LogP contribution in [0.2, 0.25) is 0 Å². The van der Waals surface area contributed by atoms with Gasteiger partial charge in [0, 0.05) is 64.2 Å². The Kier molecular flexibility index (Phi) is 5.62. The van der Waals surface area contributed by atoms with Gasteiger partial charge in [-0.25, -0.2) is 0 Å². The molecule has 1 aliphatic heterocycles. The van der Waals surface area contributed by atoms with Crippen LogP contribution in [-0.4, -0.2) is 60.9 Å². The number of piperazine rings is 1. The molecule has 3 rings (SSSR count). The maximum absolute atomic E-state index is 13.1. The molecular formula is C19H21N5O5. The highest BCUT2D eigenvalue weighted by atomic mass is 16.6. The van der Waals surface area contributed by atoms with E-state index < -0.39 is 9.85 Å². The van der Waals surface area contributed by atoms with Gasteiger partial charge in [-0.3, -0.25) is 25.0 Å². The van der Waals surface area contributed by atoms with Crippen molar-refractivity contribution >= 4 is 28.7 Å². The maximum Gasteiger partial charge on any atom is 0.292 e. The van der Waals surface area contributed by atoms with Crippen LogP contribution in [-0.2, 0) is 0 Å². The van der Waals surface area contributed by atoms with E-state index in [1.165, 1.54) is 18.2 Å². The third-order valence-electron chi connectivity index (χ3n) is 4.89. The molecular weight excluding hydrogens is 378 g/mol. The van der Waals surface area contributed by atoms with E-state index in [1.54, 1.807) is 48.2 Å². The average molecular weight is 399 g/mol. The fourth-order valence-corrected chi connectivity index (χ4v) is 3.41. The maximum atomic E-state index is 13.1. The number of amides is 1. The molecule has 0 aromatic heterocycles. The van der Waals surface area contributed by atoms with Gasteiger partial charge >= 0.3 is 0 Å². The first-order valence-corrected chi connectivity index (χ1v) is 9.03. The molecule has 2 aromatic carbocycles. The molecule has 1 amide bonds. The van der Waals surface area contributed by atoms with Gasteiger partial charge in [-0.1, -0.05) is 12.1 Å². The minimum absolute atomic E-state index is 0.0286. The van der Waals surface area contributed by atoms with Gasteiger partial charge in [-0.2, -0.15) is 0 Å². The van der Waals surface area contributed by atoms with Gasteiger partial charge in [0.15, 0.2) is 0 Å². The Bertz CT molecular complexity index is 954. The highest BCUT2D eigenvalue weighted by Gasteiger charge is 2.28. The molecule has 2 aromatic rings. The molecule has 0 aliphatic carbocycles. The number of anilines is 2. The van der Waals surface area contributed by atoms with Crippen LogP contribution in [0.25, 0.3) is 0 Å². The Morgan fingerprint density at radius 3 is 2.21 bits per heavy atom. The summed E-state index contributed by atoms with van der Waals surface area (Å²) in [7, 11) is 3.54.